The Morgan fingerprint density at radius 3 is 2.58 bits per heavy atom. The number of Topliss-reactive ketones (excluding diaryl/α,β-unsaturated/α-hetero) is 1. The first-order valence-electron chi connectivity index (χ1n) is 9.46. The van der Waals surface area contributed by atoms with Gasteiger partial charge in [0.05, 0.1) is 6.61 Å². The van der Waals surface area contributed by atoms with Gasteiger partial charge in [-0.2, -0.15) is 0 Å². The van der Waals surface area contributed by atoms with E-state index in [2.05, 4.69) is 60.4 Å². The average Bonchev–Trinajstić information content (AvgIpc) is 2.45. The van der Waals surface area contributed by atoms with E-state index in [1.54, 1.807) is 0 Å². The van der Waals surface area contributed by atoms with Crippen LogP contribution >= 0.6 is 0 Å². The maximum Gasteiger partial charge on any atom is 0.192 e. The maximum atomic E-state index is 12.7. The van der Waals surface area contributed by atoms with Gasteiger partial charge in [0.1, 0.15) is 0 Å². The highest BCUT2D eigenvalue weighted by molar-refractivity contribution is 6.74. The largest absolute Gasteiger partial charge is 0.413 e. The Kier molecular flexibility index (Phi) is 5.38. The summed E-state index contributed by atoms with van der Waals surface area (Å²) in [4.78, 5) is 12.7. The van der Waals surface area contributed by atoms with Crippen molar-refractivity contribution in [3.63, 3.8) is 0 Å². The SMILES string of the molecule is C=C(CO[Si](C)(C)C(C)(C)C)C1=C[C@]2(C)[C@@H](CCC[C@H]2C)CC1=O. The van der Waals surface area contributed by atoms with E-state index in [9.17, 15) is 4.79 Å². The predicted octanol–water partition coefficient (Wildman–Crippen LogP) is 5.91. The number of hydrogen-bond acceptors (Lipinski definition) is 2. The second-order valence-corrected chi connectivity index (χ2v) is 14.5. The molecule has 3 atom stereocenters. The highest BCUT2D eigenvalue weighted by Crippen LogP contribution is 2.51. The topological polar surface area (TPSA) is 26.3 Å². The van der Waals surface area contributed by atoms with Crippen molar-refractivity contribution < 1.29 is 9.22 Å². The van der Waals surface area contributed by atoms with Gasteiger partial charge in [-0.3, -0.25) is 4.79 Å². The molecule has 0 bridgehead atoms. The van der Waals surface area contributed by atoms with Crippen molar-refractivity contribution in [1.29, 1.82) is 0 Å². The highest BCUT2D eigenvalue weighted by Gasteiger charge is 2.45. The van der Waals surface area contributed by atoms with E-state index >= 15 is 0 Å². The van der Waals surface area contributed by atoms with Gasteiger partial charge >= 0.3 is 0 Å². The summed E-state index contributed by atoms with van der Waals surface area (Å²) in [6.45, 7) is 20.6. The van der Waals surface area contributed by atoms with Crippen LogP contribution in [0.15, 0.2) is 23.8 Å². The monoisotopic (exact) mass is 348 g/mol. The molecule has 1 fully saturated rings. The lowest BCUT2D eigenvalue weighted by Crippen LogP contribution is -2.42. The van der Waals surface area contributed by atoms with E-state index in [4.69, 9.17) is 4.43 Å². The fraction of sp³-hybridized carbons (Fsp3) is 0.762. The molecule has 1 saturated carbocycles. The van der Waals surface area contributed by atoms with Gasteiger partial charge in [0.15, 0.2) is 14.1 Å². The van der Waals surface area contributed by atoms with Crippen molar-refractivity contribution in [1.82, 2.24) is 0 Å². The second kappa shape index (κ2) is 6.57. The molecule has 2 rings (SSSR count). The van der Waals surface area contributed by atoms with E-state index in [0.29, 0.717) is 24.9 Å². The van der Waals surface area contributed by atoms with Crippen molar-refractivity contribution >= 4 is 14.1 Å². The smallest absolute Gasteiger partial charge is 0.192 e. The van der Waals surface area contributed by atoms with E-state index < -0.39 is 8.32 Å². The molecular formula is C21H36O2Si. The molecule has 0 aromatic carbocycles. The highest BCUT2D eigenvalue weighted by atomic mass is 28.4. The predicted molar refractivity (Wildman–Crippen MR) is 105 cm³/mol. The van der Waals surface area contributed by atoms with Crippen LogP contribution < -0.4 is 0 Å². The Balaban J connectivity index is 2.17. The van der Waals surface area contributed by atoms with Crippen LogP contribution in [0.1, 0.15) is 60.3 Å². The zero-order valence-electron chi connectivity index (χ0n) is 16.8. The summed E-state index contributed by atoms with van der Waals surface area (Å²) in [6, 6.07) is 0. The normalized spacial score (nSPS) is 31.5. The number of carbonyl (C=O) groups is 1. The molecular weight excluding hydrogens is 312 g/mol. The summed E-state index contributed by atoms with van der Waals surface area (Å²) >= 11 is 0. The summed E-state index contributed by atoms with van der Waals surface area (Å²) in [5.74, 6) is 1.41. The number of carbonyl (C=O) groups excluding carboxylic acids is 1. The van der Waals surface area contributed by atoms with Gasteiger partial charge in [-0.05, 0) is 53.8 Å². The minimum Gasteiger partial charge on any atom is -0.413 e. The average molecular weight is 349 g/mol. The van der Waals surface area contributed by atoms with Crippen LogP contribution in [0.3, 0.4) is 0 Å². The van der Waals surface area contributed by atoms with Crippen molar-refractivity contribution in [3.05, 3.63) is 23.8 Å². The number of ketones is 1. The van der Waals surface area contributed by atoms with Crippen LogP contribution in [0.25, 0.3) is 0 Å². The molecule has 2 aliphatic rings. The van der Waals surface area contributed by atoms with Crippen LogP contribution in [-0.2, 0) is 9.22 Å². The minimum atomic E-state index is -1.82. The van der Waals surface area contributed by atoms with Crippen molar-refractivity contribution in [2.24, 2.45) is 17.3 Å². The molecule has 2 aliphatic carbocycles. The van der Waals surface area contributed by atoms with Crippen LogP contribution in [0, 0.1) is 17.3 Å². The Hall–Kier alpha value is -0.673. The number of fused-ring (bicyclic) bond motifs is 1. The molecule has 0 aromatic heterocycles. The molecule has 0 unspecified atom stereocenters. The lowest BCUT2D eigenvalue weighted by molar-refractivity contribution is -0.119. The van der Waals surface area contributed by atoms with E-state index in [1.165, 1.54) is 19.3 Å². The third-order valence-electron chi connectivity index (χ3n) is 7.11. The molecule has 0 spiro atoms. The van der Waals surface area contributed by atoms with E-state index in [0.717, 1.165) is 11.1 Å². The van der Waals surface area contributed by atoms with Crippen molar-refractivity contribution in [3.8, 4) is 0 Å². The van der Waals surface area contributed by atoms with Gasteiger partial charge in [0.2, 0.25) is 0 Å². The molecule has 3 heteroatoms. The van der Waals surface area contributed by atoms with Gasteiger partial charge in [0, 0.05) is 12.0 Å². The maximum absolute atomic E-state index is 12.7. The van der Waals surface area contributed by atoms with Crippen LogP contribution in [0.5, 0.6) is 0 Å². The fourth-order valence-corrected chi connectivity index (χ4v) is 4.83. The lowest BCUT2D eigenvalue weighted by atomic mass is 9.57. The molecule has 2 nitrogen and oxygen atoms in total. The zero-order valence-corrected chi connectivity index (χ0v) is 17.8. The van der Waals surface area contributed by atoms with Gasteiger partial charge in [-0.25, -0.2) is 0 Å². The van der Waals surface area contributed by atoms with Crippen LogP contribution in [0.4, 0.5) is 0 Å². The lowest BCUT2D eigenvalue weighted by Gasteiger charge is -2.47. The molecule has 0 aromatic rings. The zero-order chi connectivity index (χ0) is 18.3. The van der Waals surface area contributed by atoms with Gasteiger partial charge in [-0.15, -0.1) is 0 Å². The number of hydrogen-bond donors (Lipinski definition) is 0. The molecule has 0 amide bonds. The van der Waals surface area contributed by atoms with Crippen LogP contribution in [-0.4, -0.2) is 20.7 Å². The summed E-state index contributed by atoms with van der Waals surface area (Å²) in [5.41, 5.74) is 1.87. The Morgan fingerprint density at radius 1 is 1.38 bits per heavy atom. The number of rotatable bonds is 4. The van der Waals surface area contributed by atoms with Crippen LogP contribution in [0.2, 0.25) is 18.1 Å². The molecule has 0 N–H and O–H groups in total. The third-order valence-corrected chi connectivity index (χ3v) is 11.6. The summed E-state index contributed by atoms with van der Waals surface area (Å²) in [6.07, 6.45) is 6.64. The molecule has 24 heavy (non-hydrogen) atoms. The number of allylic oxidation sites excluding steroid dienone is 1. The quantitative estimate of drug-likeness (QED) is 0.591. The molecule has 0 aliphatic heterocycles. The fourth-order valence-electron chi connectivity index (χ4n) is 3.86. The summed E-state index contributed by atoms with van der Waals surface area (Å²) in [5, 5.41) is 0.174. The molecule has 0 saturated heterocycles. The third kappa shape index (κ3) is 3.62. The Labute approximate surface area is 149 Å². The van der Waals surface area contributed by atoms with Crippen molar-refractivity contribution in [2.75, 3.05) is 6.61 Å². The molecule has 0 heterocycles. The second-order valence-electron chi connectivity index (χ2n) is 9.73. The summed E-state index contributed by atoms with van der Waals surface area (Å²) in [7, 11) is -1.82. The van der Waals surface area contributed by atoms with E-state index in [-0.39, 0.29) is 16.2 Å². The first-order chi connectivity index (χ1) is 10.9. The Bertz CT molecular complexity index is 553. The van der Waals surface area contributed by atoms with Gasteiger partial charge in [-0.1, -0.05) is 53.7 Å². The van der Waals surface area contributed by atoms with Gasteiger partial charge < -0.3 is 4.43 Å². The standard InChI is InChI=1S/C21H36O2Si/c1-15(14-23-24(7,8)20(3,4)5)18-13-21(6)16(2)10-9-11-17(21)12-19(18)22/h13,16-17H,1,9-12,14H2,2-8H3/t16-,17+,21+/m1/s1. The van der Waals surface area contributed by atoms with Gasteiger partial charge in [0.25, 0.3) is 0 Å². The Morgan fingerprint density at radius 2 is 2.00 bits per heavy atom. The van der Waals surface area contributed by atoms with Crippen molar-refractivity contribution in [2.45, 2.75) is 78.4 Å². The first-order valence-corrected chi connectivity index (χ1v) is 12.4. The first kappa shape index (κ1) is 19.6. The minimum absolute atomic E-state index is 0.140. The molecule has 136 valence electrons. The summed E-state index contributed by atoms with van der Waals surface area (Å²) < 4.78 is 6.30. The van der Waals surface area contributed by atoms with E-state index in [1.807, 2.05) is 0 Å². The molecule has 0 radical (unpaired) electrons.